The SMILES string of the molecule is CCOC(=O)C(C)(C)Nc1ccc(SC)cc1. The predicted octanol–water partition coefficient (Wildman–Crippen LogP) is 3.16. The Morgan fingerprint density at radius 3 is 2.41 bits per heavy atom. The Bertz CT molecular complexity index is 374. The van der Waals surface area contributed by atoms with Gasteiger partial charge in [-0.25, -0.2) is 4.79 Å². The first-order valence-electron chi connectivity index (χ1n) is 5.59. The van der Waals surface area contributed by atoms with Crippen LogP contribution < -0.4 is 5.32 Å². The normalized spacial score (nSPS) is 11.1. The van der Waals surface area contributed by atoms with E-state index in [0.717, 1.165) is 5.69 Å². The molecule has 0 aliphatic rings. The minimum absolute atomic E-state index is 0.242. The minimum atomic E-state index is -0.711. The lowest BCUT2D eigenvalue weighted by Gasteiger charge is -2.25. The van der Waals surface area contributed by atoms with Crippen molar-refractivity contribution in [2.24, 2.45) is 0 Å². The van der Waals surface area contributed by atoms with Crippen LogP contribution in [0.2, 0.25) is 0 Å². The van der Waals surface area contributed by atoms with Gasteiger partial charge >= 0.3 is 5.97 Å². The molecule has 1 rings (SSSR count). The van der Waals surface area contributed by atoms with Crippen LogP contribution in [0.5, 0.6) is 0 Å². The maximum Gasteiger partial charge on any atom is 0.331 e. The molecule has 0 aliphatic heterocycles. The van der Waals surface area contributed by atoms with E-state index in [1.165, 1.54) is 4.90 Å². The molecule has 0 saturated carbocycles. The van der Waals surface area contributed by atoms with Crippen LogP contribution in [-0.4, -0.2) is 24.4 Å². The second kappa shape index (κ2) is 5.96. The second-order valence-corrected chi connectivity index (χ2v) is 5.08. The van der Waals surface area contributed by atoms with Crippen molar-refractivity contribution >= 4 is 23.4 Å². The molecule has 0 atom stereocenters. The maximum absolute atomic E-state index is 11.7. The molecule has 0 amide bonds. The number of anilines is 1. The first-order valence-corrected chi connectivity index (χ1v) is 6.81. The summed E-state index contributed by atoms with van der Waals surface area (Å²) in [5, 5.41) is 3.17. The number of hydrogen-bond donors (Lipinski definition) is 1. The summed E-state index contributed by atoms with van der Waals surface area (Å²) in [5.41, 5.74) is 0.206. The number of thioether (sulfide) groups is 1. The highest BCUT2D eigenvalue weighted by atomic mass is 32.2. The lowest BCUT2D eigenvalue weighted by Crippen LogP contribution is -2.41. The highest BCUT2D eigenvalue weighted by Crippen LogP contribution is 2.20. The molecule has 0 unspecified atom stereocenters. The van der Waals surface area contributed by atoms with Gasteiger partial charge in [-0.3, -0.25) is 0 Å². The number of nitrogens with one attached hydrogen (secondary N) is 1. The quantitative estimate of drug-likeness (QED) is 0.646. The van der Waals surface area contributed by atoms with Gasteiger partial charge in [0.15, 0.2) is 0 Å². The minimum Gasteiger partial charge on any atom is -0.464 e. The average molecular weight is 253 g/mol. The van der Waals surface area contributed by atoms with Gasteiger partial charge in [-0.05, 0) is 51.3 Å². The Morgan fingerprint density at radius 1 is 1.35 bits per heavy atom. The van der Waals surface area contributed by atoms with Crippen LogP contribution in [0.1, 0.15) is 20.8 Å². The fourth-order valence-electron chi connectivity index (χ4n) is 1.40. The van der Waals surface area contributed by atoms with Gasteiger partial charge < -0.3 is 10.1 Å². The number of ether oxygens (including phenoxy) is 1. The molecule has 0 spiro atoms. The summed E-state index contributed by atoms with van der Waals surface area (Å²) in [6, 6.07) is 7.97. The van der Waals surface area contributed by atoms with E-state index in [2.05, 4.69) is 5.32 Å². The molecular formula is C13H19NO2S. The van der Waals surface area contributed by atoms with Crippen molar-refractivity contribution < 1.29 is 9.53 Å². The molecule has 0 saturated heterocycles. The van der Waals surface area contributed by atoms with Crippen LogP contribution in [0, 0.1) is 0 Å². The summed E-state index contributed by atoms with van der Waals surface area (Å²) < 4.78 is 5.02. The van der Waals surface area contributed by atoms with Gasteiger partial charge in [0.2, 0.25) is 0 Å². The third-order valence-corrected chi connectivity index (χ3v) is 3.08. The molecule has 4 heteroatoms. The van der Waals surface area contributed by atoms with Crippen molar-refractivity contribution in [3.8, 4) is 0 Å². The zero-order valence-corrected chi connectivity index (χ0v) is 11.6. The van der Waals surface area contributed by atoms with E-state index >= 15 is 0 Å². The first-order chi connectivity index (χ1) is 7.99. The van der Waals surface area contributed by atoms with Crippen molar-refractivity contribution in [3.63, 3.8) is 0 Å². The van der Waals surface area contributed by atoms with Crippen LogP contribution in [-0.2, 0) is 9.53 Å². The van der Waals surface area contributed by atoms with Gasteiger partial charge in [0.05, 0.1) is 6.61 Å². The Morgan fingerprint density at radius 2 is 1.94 bits per heavy atom. The third-order valence-electron chi connectivity index (χ3n) is 2.33. The van der Waals surface area contributed by atoms with Crippen molar-refractivity contribution in [3.05, 3.63) is 24.3 Å². The molecule has 17 heavy (non-hydrogen) atoms. The van der Waals surface area contributed by atoms with Crippen LogP contribution in [0.25, 0.3) is 0 Å². The monoisotopic (exact) mass is 253 g/mol. The predicted molar refractivity (Wildman–Crippen MR) is 72.6 cm³/mol. The molecule has 94 valence electrons. The highest BCUT2D eigenvalue weighted by Gasteiger charge is 2.28. The van der Waals surface area contributed by atoms with Gasteiger partial charge in [0, 0.05) is 10.6 Å². The third kappa shape index (κ3) is 3.97. The summed E-state index contributed by atoms with van der Waals surface area (Å²) in [5.74, 6) is -0.242. The number of carbonyl (C=O) groups excluding carboxylic acids is 1. The van der Waals surface area contributed by atoms with Crippen molar-refractivity contribution in [2.75, 3.05) is 18.2 Å². The van der Waals surface area contributed by atoms with Gasteiger partial charge in [-0.15, -0.1) is 11.8 Å². The second-order valence-electron chi connectivity index (χ2n) is 4.20. The lowest BCUT2D eigenvalue weighted by molar-refractivity contribution is -0.147. The molecule has 1 N–H and O–H groups in total. The Kier molecular flexibility index (Phi) is 4.87. The first kappa shape index (κ1) is 13.9. The van der Waals surface area contributed by atoms with E-state index in [1.54, 1.807) is 18.7 Å². The number of carbonyl (C=O) groups is 1. The largest absolute Gasteiger partial charge is 0.464 e. The molecule has 0 aliphatic carbocycles. The van der Waals surface area contributed by atoms with Gasteiger partial charge in [-0.2, -0.15) is 0 Å². The Balaban J connectivity index is 2.71. The topological polar surface area (TPSA) is 38.3 Å². The number of benzene rings is 1. The Hall–Kier alpha value is -1.16. The van der Waals surface area contributed by atoms with Crippen LogP contribution in [0.4, 0.5) is 5.69 Å². The zero-order valence-electron chi connectivity index (χ0n) is 10.7. The van der Waals surface area contributed by atoms with Gasteiger partial charge in [-0.1, -0.05) is 0 Å². The summed E-state index contributed by atoms with van der Waals surface area (Å²) in [4.78, 5) is 12.9. The standard InChI is InChI=1S/C13H19NO2S/c1-5-16-12(15)13(2,3)14-10-6-8-11(17-4)9-7-10/h6-9,14H,5H2,1-4H3. The molecule has 0 aromatic heterocycles. The molecule has 0 fully saturated rings. The fourth-order valence-corrected chi connectivity index (χ4v) is 1.81. The molecule has 0 heterocycles. The Labute approximate surface area is 107 Å². The summed E-state index contributed by atoms with van der Waals surface area (Å²) in [6.45, 7) is 5.83. The van der Waals surface area contributed by atoms with Crippen molar-refractivity contribution in [1.82, 2.24) is 0 Å². The molecule has 1 aromatic rings. The van der Waals surface area contributed by atoms with Crippen molar-refractivity contribution in [2.45, 2.75) is 31.2 Å². The molecular weight excluding hydrogens is 234 g/mol. The molecule has 1 aromatic carbocycles. The number of hydrogen-bond acceptors (Lipinski definition) is 4. The van der Waals surface area contributed by atoms with E-state index in [4.69, 9.17) is 4.74 Å². The maximum atomic E-state index is 11.7. The van der Waals surface area contributed by atoms with Gasteiger partial charge in [0.25, 0.3) is 0 Å². The number of esters is 1. The highest BCUT2D eigenvalue weighted by molar-refractivity contribution is 7.98. The van der Waals surface area contributed by atoms with Crippen LogP contribution >= 0.6 is 11.8 Å². The van der Waals surface area contributed by atoms with Gasteiger partial charge in [0.1, 0.15) is 5.54 Å². The van der Waals surface area contributed by atoms with E-state index < -0.39 is 5.54 Å². The van der Waals surface area contributed by atoms with E-state index in [0.29, 0.717) is 6.61 Å². The molecule has 3 nitrogen and oxygen atoms in total. The smallest absolute Gasteiger partial charge is 0.331 e. The summed E-state index contributed by atoms with van der Waals surface area (Å²) in [6.07, 6.45) is 2.03. The fraction of sp³-hybridized carbons (Fsp3) is 0.462. The lowest BCUT2D eigenvalue weighted by atomic mass is 10.1. The summed E-state index contributed by atoms with van der Waals surface area (Å²) >= 11 is 1.69. The van der Waals surface area contributed by atoms with E-state index in [1.807, 2.05) is 44.4 Å². The summed E-state index contributed by atoms with van der Waals surface area (Å²) in [7, 11) is 0. The number of rotatable bonds is 5. The van der Waals surface area contributed by atoms with Crippen LogP contribution in [0.3, 0.4) is 0 Å². The van der Waals surface area contributed by atoms with E-state index in [-0.39, 0.29) is 5.97 Å². The van der Waals surface area contributed by atoms with Crippen LogP contribution in [0.15, 0.2) is 29.2 Å². The average Bonchev–Trinajstić information content (AvgIpc) is 2.30. The molecule has 0 radical (unpaired) electrons. The molecule has 0 bridgehead atoms. The van der Waals surface area contributed by atoms with E-state index in [9.17, 15) is 4.79 Å². The van der Waals surface area contributed by atoms with Crippen molar-refractivity contribution in [1.29, 1.82) is 0 Å². The zero-order chi connectivity index (χ0) is 12.9.